The maximum absolute atomic E-state index is 12.1. The van der Waals surface area contributed by atoms with Crippen molar-refractivity contribution in [3.05, 3.63) is 39.9 Å². The molecule has 6 nitrogen and oxygen atoms in total. The summed E-state index contributed by atoms with van der Waals surface area (Å²) in [6, 6.07) is 5.60. The van der Waals surface area contributed by atoms with Crippen LogP contribution in [0.25, 0.3) is 0 Å². The molecule has 0 aromatic heterocycles. The number of hydrogen-bond donors (Lipinski definition) is 1. The summed E-state index contributed by atoms with van der Waals surface area (Å²) in [5, 5.41) is 10.6. The molecular weight excluding hydrogens is 304 g/mol. The second kappa shape index (κ2) is 8.85. The van der Waals surface area contributed by atoms with Crippen molar-refractivity contribution in [1.29, 1.82) is 0 Å². The first-order valence-electron chi connectivity index (χ1n) is 7.58. The minimum absolute atomic E-state index is 0.0419. The van der Waals surface area contributed by atoms with Crippen LogP contribution >= 0.6 is 0 Å². The molecule has 0 aliphatic heterocycles. The zero-order valence-electron chi connectivity index (χ0n) is 13.1. The van der Waals surface area contributed by atoms with Gasteiger partial charge in [-0.1, -0.05) is 45.2 Å². The number of hydrogen-bond acceptors (Lipinski definition) is 4. The molecule has 0 amide bonds. The maximum Gasteiger partial charge on any atom is 0.269 e. The number of rotatable bonds is 10. The van der Waals surface area contributed by atoms with Gasteiger partial charge in [0.15, 0.2) is 0 Å². The Bertz CT molecular complexity index is 570. The highest BCUT2D eigenvalue weighted by Crippen LogP contribution is 2.15. The molecule has 0 heterocycles. The van der Waals surface area contributed by atoms with E-state index in [1.807, 2.05) is 0 Å². The first kappa shape index (κ1) is 18.6. The van der Waals surface area contributed by atoms with Crippen molar-refractivity contribution in [2.45, 2.75) is 45.3 Å². The molecular formula is C15H24N2O4S. The molecule has 0 bridgehead atoms. The number of nitrogens with zero attached hydrogens (tertiary/aromatic N) is 1. The van der Waals surface area contributed by atoms with Crippen LogP contribution in [-0.4, -0.2) is 19.9 Å². The van der Waals surface area contributed by atoms with Crippen LogP contribution in [0.5, 0.6) is 0 Å². The molecule has 1 unspecified atom stereocenters. The lowest BCUT2D eigenvalue weighted by molar-refractivity contribution is -0.384. The summed E-state index contributed by atoms with van der Waals surface area (Å²) in [6.07, 6.45) is 4.17. The van der Waals surface area contributed by atoms with E-state index in [9.17, 15) is 18.5 Å². The smallest absolute Gasteiger partial charge is 0.258 e. The van der Waals surface area contributed by atoms with Gasteiger partial charge in [0.2, 0.25) is 10.0 Å². The molecule has 0 aliphatic rings. The van der Waals surface area contributed by atoms with Gasteiger partial charge in [0.1, 0.15) is 0 Å². The minimum Gasteiger partial charge on any atom is -0.258 e. The zero-order valence-corrected chi connectivity index (χ0v) is 13.9. The van der Waals surface area contributed by atoms with E-state index in [1.54, 1.807) is 0 Å². The van der Waals surface area contributed by atoms with Gasteiger partial charge in [0.05, 0.1) is 10.7 Å². The van der Waals surface area contributed by atoms with Crippen LogP contribution in [0.15, 0.2) is 24.3 Å². The van der Waals surface area contributed by atoms with Gasteiger partial charge in [-0.05, 0) is 17.9 Å². The maximum atomic E-state index is 12.1. The van der Waals surface area contributed by atoms with Crippen molar-refractivity contribution in [2.75, 3.05) is 6.54 Å². The summed E-state index contributed by atoms with van der Waals surface area (Å²) in [5.74, 6) is 0.196. The predicted molar refractivity (Wildman–Crippen MR) is 87.0 cm³/mol. The lowest BCUT2D eigenvalue weighted by atomic mass is 10.00. The van der Waals surface area contributed by atoms with E-state index in [0.29, 0.717) is 18.0 Å². The van der Waals surface area contributed by atoms with E-state index in [0.717, 1.165) is 25.7 Å². The highest BCUT2D eigenvalue weighted by molar-refractivity contribution is 7.88. The van der Waals surface area contributed by atoms with Gasteiger partial charge in [0, 0.05) is 18.7 Å². The van der Waals surface area contributed by atoms with E-state index in [4.69, 9.17) is 0 Å². The summed E-state index contributed by atoms with van der Waals surface area (Å²) >= 11 is 0. The molecule has 1 atom stereocenters. The number of nitro groups is 1. The molecule has 0 saturated heterocycles. The third-order valence-electron chi connectivity index (χ3n) is 3.64. The van der Waals surface area contributed by atoms with Crippen LogP contribution in [0.3, 0.4) is 0 Å². The van der Waals surface area contributed by atoms with Crippen LogP contribution in [0.2, 0.25) is 0 Å². The number of benzene rings is 1. The van der Waals surface area contributed by atoms with Crippen molar-refractivity contribution in [3.8, 4) is 0 Å². The Morgan fingerprint density at radius 3 is 2.36 bits per heavy atom. The molecule has 0 spiro atoms. The van der Waals surface area contributed by atoms with E-state index in [1.165, 1.54) is 24.3 Å². The summed E-state index contributed by atoms with van der Waals surface area (Å²) in [7, 11) is -3.42. The second-order valence-corrected chi connectivity index (χ2v) is 7.25. The molecule has 1 aromatic carbocycles. The fourth-order valence-electron chi connectivity index (χ4n) is 2.17. The molecule has 0 aliphatic carbocycles. The third kappa shape index (κ3) is 6.53. The molecule has 0 fully saturated rings. The largest absolute Gasteiger partial charge is 0.269 e. The van der Waals surface area contributed by atoms with Gasteiger partial charge in [-0.2, -0.15) is 0 Å². The van der Waals surface area contributed by atoms with Gasteiger partial charge in [-0.25, -0.2) is 13.1 Å². The van der Waals surface area contributed by atoms with Gasteiger partial charge in [-0.3, -0.25) is 10.1 Å². The van der Waals surface area contributed by atoms with Gasteiger partial charge in [-0.15, -0.1) is 0 Å². The van der Waals surface area contributed by atoms with E-state index < -0.39 is 14.9 Å². The SMILES string of the molecule is CCCCC(CC)CNS(=O)(=O)Cc1ccc([N+](=O)[O-])cc1. The first-order valence-corrected chi connectivity index (χ1v) is 9.23. The first-order chi connectivity index (χ1) is 10.4. The number of unbranched alkanes of at least 4 members (excludes halogenated alkanes) is 1. The number of nitrogens with one attached hydrogen (secondary N) is 1. The molecule has 1 aromatic rings. The molecule has 124 valence electrons. The van der Waals surface area contributed by atoms with Crippen molar-refractivity contribution < 1.29 is 13.3 Å². The van der Waals surface area contributed by atoms with E-state index in [2.05, 4.69) is 18.6 Å². The zero-order chi connectivity index (χ0) is 16.6. The number of non-ortho nitro benzene ring substituents is 1. The topological polar surface area (TPSA) is 89.3 Å². The number of sulfonamides is 1. The lowest BCUT2D eigenvalue weighted by Crippen LogP contribution is -2.30. The van der Waals surface area contributed by atoms with Gasteiger partial charge in [0.25, 0.3) is 5.69 Å². The molecule has 7 heteroatoms. The standard InChI is InChI=1S/C15H24N2O4S/c1-3-5-6-13(4-2)11-16-22(20,21)12-14-7-9-15(10-8-14)17(18)19/h7-10,13,16H,3-6,11-12H2,1-2H3. The Kier molecular flexibility index (Phi) is 7.47. The fourth-order valence-corrected chi connectivity index (χ4v) is 3.40. The van der Waals surface area contributed by atoms with Crippen molar-refractivity contribution in [1.82, 2.24) is 4.72 Å². The average Bonchev–Trinajstić information content (AvgIpc) is 2.47. The monoisotopic (exact) mass is 328 g/mol. The van der Waals surface area contributed by atoms with Gasteiger partial charge >= 0.3 is 0 Å². The summed E-state index contributed by atoms with van der Waals surface area (Å²) < 4.78 is 26.8. The van der Waals surface area contributed by atoms with Crippen molar-refractivity contribution in [2.24, 2.45) is 5.92 Å². The lowest BCUT2D eigenvalue weighted by Gasteiger charge is -2.15. The third-order valence-corrected chi connectivity index (χ3v) is 4.96. The molecule has 0 radical (unpaired) electrons. The van der Waals surface area contributed by atoms with Crippen molar-refractivity contribution in [3.63, 3.8) is 0 Å². The van der Waals surface area contributed by atoms with Crippen LogP contribution in [0, 0.1) is 16.0 Å². The Morgan fingerprint density at radius 1 is 1.23 bits per heavy atom. The Morgan fingerprint density at radius 2 is 1.86 bits per heavy atom. The summed E-state index contributed by atoms with van der Waals surface area (Å²) in [5.41, 5.74) is 0.499. The second-order valence-electron chi connectivity index (χ2n) is 5.45. The van der Waals surface area contributed by atoms with Crippen LogP contribution in [0.4, 0.5) is 5.69 Å². The quantitative estimate of drug-likeness (QED) is 0.527. The minimum atomic E-state index is -3.42. The predicted octanol–water partition coefficient (Wildman–Crippen LogP) is 3.23. The van der Waals surface area contributed by atoms with Crippen LogP contribution < -0.4 is 4.72 Å². The Hall–Kier alpha value is -1.47. The fraction of sp³-hybridized carbons (Fsp3) is 0.600. The number of nitro benzene ring substituents is 1. The molecule has 1 N–H and O–H groups in total. The Labute approximate surface area is 132 Å². The van der Waals surface area contributed by atoms with E-state index in [-0.39, 0.29) is 11.4 Å². The summed E-state index contributed by atoms with van der Waals surface area (Å²) in [6.45, 7) is 4.63. The Balaban J connectivity index is 2.57. The molecule has 0 saturated carbocycles. The van der Waals surface area contributed by atoms with E-state index >= 15 is 0 Å². The van der Waals surface area contributed by atoms with Crippen molar-refractivity contribution >= 4 is 15.7 Å². The van der Waals surface area contributed by atoms with Gasteiger partial charge < -0.3 is 0 Å². The van der Waals surface area contributed by atoms with Crippen LogP contribution in [-0.2, 0) is 15.8 Å². The summed E-state index contributed by atoms with van der Waals surface area (Å²) in [4.78, 5) is 10.1. The molecule has 1 rings (SSSR count). The highest BCUT2D eigenvalue weighted by atomic mass is 32.2. The van der Waals surface area contributed by atoms with Crippen LogP contribution in [0.1, 0.15) is 45.1 Å². The normalized spacial score (nSPS) is 13.0. The average molecular weight is 328 g/mol. The highest BCUT2D eigenvalue weighted by Gasteiger charge is 2.15. The molecule has 22 heavy (non-hydrogen) atoms.